The molecule has 2 nitrogen and oxygen atoms in total. The van der Waals surface area contributed by atoms with Crippen molar-refractivity contribution in [2.45, 2.75) is 44.6 Å². The maximum absolute atomic E-state index is 12.4. The summed E-state index contributed by atoms with van der Waals surface area (Å²) in [4.78, 5) is 14.2. The summed E-state index contributed by atoms with van der Waals surface area (Å²) in [6, 6.07) is 2.01. The second-order valence-electron chi connectivity index (χ2n) is 4.80. The lowest BCUT2D eigenvalue weighted by Gasteiger charge is -2.27. The molecule has 0 aromatic carbocycles. The number of hydrogen-bond acceptors (Lipinski definition) is 2. The minimum atomic E-state index is -0.00458. The number of nitrogens with zero attached hydrogens (tertiary/aromatic N) is 1. The Labute approximate surface area is 122 Å². The molecule has 18 heavy (non-hydrogen) atoms. The van der Waals surface area contributed by atoms with Crippen LogP contribution in [-0.4, -0.2) is 23.9 Å². The normalized spacial score (nSPS) is 17.5. The second-order valence-corrected chi connectivity index (χ2v) is 7.08. The monoisotopic (exact) mass is 305 g/mol. The number of hydrogen-bond donors (Lipinski definition) is 0. The highest BCUT2D eigenvalue weighted by Gasteiger charge is 2.24. The quantitative estimate of drug-likeness (QED) is 0.715. The Balaban J connectivity index is 2.10. The van der Waals surface area contributed by atoms with E-state index in [0.717, 1.165) is 12.8 Å². The molecule has 0 spiro atoms. The van der Waals surface area contributed by atoms with E-state index in [2.05, 4.69) is 0 Å². The molecule has 100 valence electrons. The number of amides is 1. The van der Waals surface area contributed by atoms with Crippen LogP contribution in [0.2, 0.25) is 8.67 Å². The van der Waals surface area contributed by atoms with Gasteiger partial charge in [0.2, 0.25) is 0 Å². The highest BCUT2D eigenvalue weighted by molar-refractivity contribution is 7.20. The zero-order valence-electron chi connectivity index (χ0n) is 10.4. The molecule has 0 atom stereocenters. The minimum absolute atomic E-state index is 0.00458. The number of halogens is 2. The molecule has 1 saturated carbocycles. The average molecular weight is 306 g/mol. The summed E-state index contributed by atoms with van der Waals surface area (Å²) in [6.07, 6.45) is 7.17. The molecule has 1 aliphatic carbocycles. The van der Waals surface area contributed by atoms with Gasteiger partial charge in [-0.2, -0.15) is 0 Å². The number of thiophene rings is 1. The molecule has 1 heterocycles. The fourth-order valence-corrected chi connectivity index (χ4v) is 3.93. The van der Waals surface area contributed by atoms with Crippen LogP contribution in [0, 0.1) is 0 Å². The van der Waals surface area contributed by atoms with Gasteiger partial charge in [-0.1, -0.05) is 48.9 Å². The molecule has 0 aliphatic heterocycles. The van der Waals surface area contributed by atoms with Gasteiger partial charge in [0.05, 0.1) is 9.90 Å². The van der Waals surface area contributed by atoms with Crippen LogP contribution in [0.4, 0.5) is 0 Å². The van der Waals surface area contributed by atoms with Crippen LogP contribution in [0.1, 0.15) is 48.9 Å². The van der Waals surface area contributed by atoms with Crippen molar-refractivity contribution >= 4 is 40.4 Å². The minimum Gasteiger partial charge on any atom is -0.339 e. The van der Waals surface area contributed by atoms with E-state index >= 15 is 0 Å². The summed E-state index contributed by atoms with van der Waals surface area (Å²) in [5, 5.41) is 0. The van der Waals surface area contributed by atoms with E-state index in [1.807, 2.05) is 11.9 Å². The van der Waals surface area contributed by atoms with Crippen molar-refractivity contribution in [3.8, 4) is 0 Å². The molecule has 0 bridgehead atoms. The van der Waals surface area contributed by atoms with Crippen molar-refractivity contribution in [3.05, 3.63) is 20.3 Å². The highest BCUT2D eigenvalue weighted by atomic mass is 35.5. The van der Waals surface area contributed by atoms with Gasteiger partial charge in [0.25, 0.3) is 5.91 Å². The Hall–Kier alpha value is -0.250. The van der Waals surface area contributed by atoms with E-state index in [1.165, 1.54) is 37.0 Å². The first-order chi connectivity index (χ1) is 8.59. The zero-order valence-corrected chi connectivity index (χ0v) is 12.7. The molecule has 5 heteroatoms. The van der Waals surface area contributed by atoms with Crippen LogP contribution in [0.25, 0.3) is 0 Å². The van der Waals surface area contributed by atoms with Crippen LogP contribution in [0.5, 0.6) is 0 Å². The topological polar surface area (TPSA) is 20.3 Å². The van der Waals surface area contributed by atoms with Crippen LogP contribution < -0.4 is 0 Å². The summed E-state index contributed by atoms with van der Waals surface area (Å²) in [5.74, 6) is -0.00458. The van der Waals surface area contributed by atoms with Gasteiger partial charge in [-0.3, -0.25) is 4.79 Å². The van der Waals surface area contributed by atoms with Crippen LogP contribution in [0.3, 0.4) is 0 Å². The zero-order chi connectivity index (χ0) is 13.1. The number of carbonyl (C=O) groups excluding carboxylic acids is 1. The molecule has 0 unspecified atom stereocenters. The summed E-state index contributed by atoms with van der Waals surface area (Å²) in [6.45, 7) is 0. The van der Waals surface area contributed by atoms with E-state index < -0.39 is 0 Å². The Morgan fingerprint density at radius 3 is 2.39 bits per heavy atom. The third-order valence-corrected chi connectivity index (χ3v) is 5.07. The standard InChI is InChI=1S/C13H17Cl2NOS/c1-16(9-6-4-2-3-5-7-9)13(17)10-8-11(14)18-12(10)15/h8-9H,2-7H2,1H3. The molecule has 1 amide bonds. The second kappa shape index (κ2) is 6.27. The lowest BCUT2D eigenvalue weighted by atomic mass is 10.1. The Kier molecular flexibility index (Phi) is 4.93. The van der Waals surface area contributed by atoms with Gasteiger partial charge in [-0.05, 0) is 18.9 Å². The molecular formula is C13H17Cl2NOS. The summed E-state index contributed by atoms with van der Waals surface area (Å²) < 4.78 is 1.06. The molecule has 1 fully saturated rings. The van der Waals surface area contributed by atoms with E-state index in [-0.39, 0.29) is 5.91 Å². The fourth-order valence-electron chi connectivity index (χ4n) is 2.49. The Morgan fingerprint density at radius 1 is 1.28 bits per heavy atom. The third-order valence-electron chi connectivity index (χ3n) is 3.58. The fraction of sp³-hybridized carbons (Fsp3) is 0.615. The smallest absolute Gasteiger partial charge is 0.256 e. The molecule has 0 saturated heterocycles. The predicted octanol–water partition coefficient (Wildman–Crippen LogP) is 4.85. The third kappa shape index (κ3) is 3.19. The first kappa shape index (κ1) is 14.2. The van der Waals surface area contributed by atoms with Gasteiger partial charge in [-0.15, -0.1) is 11.3 Å². The van der Waals surface area contributed by atoms with Gasteiger partial charge in [-0.25, -0.2) is 0 Å². The van der Waals surface area contributed by atoms with E-state index in [4.69, 9.17) is 23.2 Å². The van der Waals surface area contributed by atoms with Gasteiger partial charge in [0.1, 0.15) is 4.34 Å². The number of rotatable bonds is 2. The van der Waals surface area contributed by atoms with Crippen molar-refractivity contribution in [2.75, 3.05) is 7.05 Å². The van der Waals surface area contributed by atoms with Crippen LogP contribution in [-0.2, 0) is 0 Å². The molecule has 1 aromatic heterocycles. The van der Waals surface area contributed by atoms with Crippen LogP contribution >= 0.6 is 34.5 Å². The van der Waals surface area contributed by atoms with E-state index in [0.29, 0.717) is 20.3 Å². The van der Waals surface area contributed by atoms with Gasteiger partial charge in [0.15, 0.2) is 0 Å². The first-order valence-electron chi connectivity index (χ1n) is 6.31. The first-order valence-corrected chi connectivity index (χ1v) is 7.89. The van der Waals surface area contributed by atoms with Gasteiger partial charge < -0.3 is 4.90 Å². The highest BCUT2D eigenvalue weighted by Crippen LogP contribution is 2.32. The van der Waals surface area contributed by atoms with Crippen molar-refractivity contribution in [1.29, 1.82) is 0 Å². The van der Waals surface area contributed by atoms with Crippen LogP contribution in [0.15, 0.2) is 6.07 Å². The summed E-state index contributed by atoms with van der Waals surface area (Å²) in [7, 11) is 1.88. The van der Waals surface area contributed by atoms with E-state index in [1.54, 1.807) is 6.07 Å². The van der Waals surface area contributed by atoms with Crippen molar-refractivity contribution < 1.29 is 4.79 Å². The molecule has 2 rings (SSSR count). The maximum Gasteiger partial charge on any atom is 0.256 e. The summed E-state index contributed by atoms with van der Waals surface area (Å²) >= 11 is 13.2. The Morgan fingerprint density at radius 2 is 1.89 bits per heavy atom. The summed E-state index contributed by atoms with van der Waals surface area (Å²) in [5.41, 5.74) is 0.540. The Bertz CT molecular complexity index is 425. The van der Waals surface area contributed by atoms with Crippen molar-refractivity contribution in [1.82, 2.24) is 4.90 Å². The number of carbonyl (C=O) groups is 1. The largest absolute Gasteiger partial charge is 0.339 e. The van der Waals surface area contributed by atoms with Crippen molar-refractivity contribution in [2.24, 2.45) is 0 Å². The molecular weight excluding hydrogens is 289 g/mol. The van der Waals surface area contributed by atoms with Gasteiger partial charge >= 0.3 is 0 Å². The van der Waals surface area contributed by atoms with E-state index in [9.17, 15) is 4.79 Å². The SMILES string of the molecule is CN(C(=O)c1cc(Cl)sc1Cl)C1CCCCCC1. The average Bonchev–Trinajstić information content (AvgIpc) is 2.59. The lowest BCUT2D eigenvalue weighted by molar-refractivity contribution is 0.0718. The van der Waals surface area contributed by atoms with Crippen molar-refractivity contribution in [3.63, 3.8) is 0 Å². The molecule has 0 N–H and O–H groups in total. The molecule has 1 aromatic rings. The maximum atomic E-state index is 12.4. The lowest BCUT2D eigenvalue weighted by Crippen LogP contribution is -2.36. The van der Waals surface area contributed by atoms with Gasteiger partial charge in [0, 0.05) is 13.1 Å². The molecule has 1 aliphatic rings. The predicted molar refractivity (Wildman–Crippen MR) is 77.9 cm³/mol. The molecule has 0 radical (unpaired) electrons.